The summed E-state index contributed by atoms with van der Waals surface area (Å²) in [5.74, 6) is 1.93. The van der Waals surface area contributed by atoms with Crippen molar-refractivity contribution >= 4 is 5.91 Å². The molecule has 0 saturated carbocycles. The van der Waals surface area contributed by atoms with Gasteiger partial charge >= 0.3 is 0 Å². The van der Waals surface area contributed by atoms with Crippen LogP contribution in [-0.4, -0.2) is 5.91 Å². The number of hydrogen-bond acceptors (Lipinski definition) is 1. The predicted octanol–water partition coefficient (Wildman–Crippen LogP) is 1.63. The third kappa shape index (κ3) is 4.69. The Balaban J connectivity index is 3.42. The highest BCUT2D eigenvalue weighted by molar-refractivity contribution is 5.76. The minimum Gasteiger partial charge on any atom is -0.293 e. The summed E-state index contributed by atoms with van der Waals surface area (Å²) in [5, 5.41) is 2.87. The second-order valence-electron chi connectivity index (χ2n) is 1.64. The van der Waals surface area contributed by atoms with Gasteiger partial charge in [-0.15, -0.1) is 12.3 Å². The fourth-order valence-electron chi connectivity index (χ4n) is 0.442. The molecule has 0 unspecified atom stereocenters. The van der Waals surface area contributed by atoms with E-state index in [0.717, 1.165) is 0 Å². The molecule has 0 aromatic rings. The van der Waals surface area contributed by atoms with Crippen LogP contribution in [0.4, 0.5) is 0 Å². The van der Waals surface area contributed by atoms with E-state index < -0.39 is 5.91 Å². The van der Waals surface area contributed by atoms with E-state index >= 15 is 0 Å². The smallest absolute Gasteiger partial charge is 0.218 e. The molecule has 52 valence electrons. The molecule has 0 aromatic heterocycles. The van der Waals surface area contributed by atoms with E-state index in [-0.39, 0.29) is 6.42 Å². The van der Waals surface area contributed by atoms with Crippen LogP contribution in [0, 0.1) is 12.3 Å². The van der Waals surface area contributed by atoms with Crippen LogP contribution < -0.4 is 0 Å². The Bertz CT molecular complexity index is 198. The monoisotopic (exact) mass is 137 g/mol. The van der Waals surface area contributed by atoms with Gasteiger partial charge in [-0.3, -0.25) is 4.79 Å². The van der Waals surface area contributed by atoms with Gasteiger partial charge in [-0.25, -0.2) is 0 Å². The first-order valence-electron chi connectivity index (χ1n) is 2.82. The number of hydrogen-bond donors (Lipinski definition) is 0. The largest absolute Gasteiger partial charge is 0.293 e. The van der Waals surface area contributed by atoms with Crippen molar-refractivity contribution in [1.82, 2.24) is 0 Å². The summed E-state index contributed by atoms with van der Waals surface area (Å²) in [4.78, 5) is 12.8. The van der Waals surface area contributed by atoms with Crippen LogP contribution in [0.1, 0.15) is 19.3 Å². The first-order valence-corrected chi connectivity index (χ1v) is 2.82. The Labute approximate surface area is 58.9 Å². The Morgan fingerprint density at radius 3 is 3.00 bits per heavy atom. The van der Waals surface area contributed by atoms with Gasteiger partial charge in [0.2, 0.25) is 5.91 Å². The van der Waals surface area contributed by atoms with E-state index in [2.05, 4.69) is 15.9 Å². The summed E-state index contributed by atoms with van der Waals surface area (Å²) in [6.07, 6.45) is 6.31. The molecule has 0 spiro atoms. The van der Waals surface area contributed by atoms with Crippen LogP contribution in [0.5, 0.6) is 0 Å². The average Bonchev–Trinajstić information content (AvgIpc) is 1.89. The number of terminal acetylenes is 1. The first-order chi connectivity index (χ1) is 4.81. The standard InChI is InChI=1S/C6H7N3O/c1-2-3-4-5-6(10)8-9-7/h1H,3-5H2. The summed E-state index contributed by atoms with van der Waals surface area (Å²) < 4.78 is 0. The van der Waals surface area contributed by atoms with Gasteiger partial charge in [0.1, 0.15) is 0 Å². The molecule has 0 atom stereocenters. The maximum Gasteiger partial charge on any atom is 0.218 e. The minimum atomic E-state index is -0.447. The van der Waals surface area contributed by atoms with E-state index in [4.69, 9.17) is 12.0 Å². The first kappa shape index (κ1) is 8.54. The molecule has 0 N–H and O–H groups in total. The van der Waals surface area contributed by atoms with Gasteiger partial charge in [-0.05, 0) is 17.1 Å². The molecule has 0 aliphatic heterocycles. The van der Waals surface area contributed by atoms with Crippen molar-refractivity contribution < 1.29 is 4.79 Å². The normalized spacial score (nSPS) is 7.50. The number of azide groups is 1. The number of nitrogens with zero attached hydrogens (tertiary/aromatic N) is 3. The predicted molar refractivity (Wildman–Crippen MR) is 36.8 cm³/mol. The number of carbonyl (C=O) groups excluding carboxylic acids is 1. The number of amides is 1. The van der Waals surface area contributed by atoms with E-state index in [1.54, 1.807) is 0 Å². The van der Waals surface area contributed by atoms with E-state index in [0.29, 0.717) is 12.8 Å². The Morgan fingerprint density at radius 2 is 2.50 bits per heavy atom. The molecule has 0 heterocycles. The molecule has 0 aromatic carbocycles. The lowest BCUT2D eigenvalue weighted by Gasteiger charge is -1.86. The van der Waals surface area contributed by atoms with Crippen molar-refractivity contribution in [1.29, 1.82) is 0 Å². The summed E-state index contributed by atoms with van der Waals surface area (Å²) >= 11 is 0. The molecule has 4 heteroatoms. The van der Waals surface area contributed by atoms with Crippen LogP contribution in [0.3, 0.4) is 0 Å². The van der Waals surface area contributed by atoms with Gasteiger partial charge in [-0.2, -0.15) is 0 Å². The molecule has 0 rings (SSSR count). The van der Waals surface area contributed by atoms with Crippen molar-refractivity contribution in [3.05, 3.63) is 10.4 Å². The van der Waals surface area contributed by atoms with Crippen LogP contribution >= 0.6 is 0 Å². The zero-order valence-electron chi connectivity index (χ0n) is 5.45. The van der Waals surface area contributed by atoms with Gasteiger partial charge in [0.05, 0.1) is 0 Å². The van der Waals surface area contributed by atoms with E-state index in [9.17, 15) is 4.79 Å². The molecular weight excluding hydrogens is 130 g/mol. The summed E-state index contributed by atoms with van der Waals surface area (Å²) in [6.45, 7) is 0. The summed E-state index contributed by atoms with van der Waals surface area (Å²) in [7, 11) is 0. The quantitative estimate of drug-likeness (QED) is 0.191. The second-order valence-corrected chi connectivity index (χ2v) is 1.64. The summed E-state index contributed by atoms with van der Waals surface area (Å²) in [5.41, 5.74) is 7.79. The lowest BCUT2D eigenvalue weighted by molar-refractivity contribution is -0.118. The van der Waals surface area contributed by atoms with Gasteiger partial charge in [0, 0.05) is 17.8 Å². The maximum absolute atomic E-state index is 10.4. The highest BCUT2D eigenvalue weighted by atomic mass is 16.1. The van der Waals surface area contributed by atoms with Gasteiger partial charge < -0.3 is 0 Å². The highest BCUT2D eigenvalue weighted by Crippen LogP contribution is 1.95. The molecule has 0 radical (unpaired) electrons. The second kappa shape index (κ2) is 5.67. The lowest BCUT2D eigenvalue weighted by Crippen LogP contribution is -1.89. The molecule has 0 fully saturated rings. The minimum absolute atomic E-state index is 0.244. The number of carbonyl (C=O) groups is 1. The zero-order chi connectivity index (χ0) is 7.82. The molecular formula is C6H7N3O. The SMILES string of the molecule is C#CCCCC(=O)N=[N+]=[N-]. The maximum atomic E-state index is 10.4. The molecule has 0 aliphatic rings. The average molecular weight is 137 g/mol. The number of rotatable bonds is 3. The Morgan fingerprint density at radius 1 is 1.80 bits per heavy atom. The Kier molecular flexibility index (Phi) is 4.84. The van der Waals surface area contributed by atoms with Crippen molar-refractivity contribution in [2.45, 2.75) is 19.3 Å². The number of unbranched alkanes of at least 4 members (excludes halogenated alkanes) is 1. The lowest BCUT2D eigenvalue weighted by atomic mass is 10.2. The topological polar surface area (TPSA) is 65.8 Å². The van der Waals surface area contributed by atoms with Gasteiger partial charge in [0.25, 0.3) is 0 Å². The van der Waals surface area contributed by atoms with Crippen molar-refractivity contribution in [2.24, 2.45) is 5.11 Å². The molecule has 0 bridgehead atoms. The fourth-order valence-corrected chi connectivity index (χ4v) is 0.442. The van der Waals surface area contributed by atoms with Gasteiger partial charge in [-0.1, -0.05) is 0 Å². The van der Waals surface area contributed by atoms with E-state index in [1.165, 1.54) is 0 Å². The highest BCUT2D eigenvalue weighted by Gasteiger charge is 1.94. The molecule has 1 amide bonds. The Hall–Kier alpha value is -1.46. The summed E-state index contributed by atoms with van der Waals surface area (Å²) in [6, 6.07) is 0. The zero-order valence-corrected chi connectivity index (χ0v) is 5.45. The van der Waals surface area contributed by atoms with Crippen LogP contribution in [0.2, 0.25) is 0 Å². The van der Waals surface area contributed by atoms with Crippen molar-refractivity contribution in [3.8, 4) is 12.3 Å². The van der Waals surface area contributed by atoms with Gasteiger partial charge in [0.15, 0.2) is 0 Å². The third-order valence-corrected chi connectivity index (χ3v) is 0.868. The van der Waals surface area contributed by atoms with Crippen molar-refractivity contribution in [3.63, 3.8) is 0 Å². The molecule has 0 saturated heterocycles. The van der Waals surface area contributed by atoms with E-state index in [1.807, 2.05) is 0 Å². The molecule has 4 nitrogen and oxygen atoms in total. The van der Waals surface area contributed by atoms with Crippen molar-refractivity contribution in [2.75, 3.05) is 0 Å². The molecule has 10 heavy (non-hydrogen) atoms. The van der Waals surface area contributed by atoms with Crippen LogP contribution in [0.15, 0.2) is 5.11 Å². The fraction of sp³-hybridized carbons (Fsp3) is 0.500. The molecule has 0 aliphatic carbocycles. The third-order valence-electron chi connectivity index (χ3n) is 0.868. The van der Waals surface area contributed by atoms with Crippen LogP contribution in [-0.2, 0) is 4.79 Å². The van der Waals surface area contributed by atoms with Crippen LogP contribution in [0.25, 0.3) is 10.4 Å².